The minimum Gasteiger partial charge on any atom is -0.478 e. The zero-order valence-corrected chi connectivity index (χ0v) is 15.1. The molecule has 0 radical (unpaired) electrons. The van der Waals surface area contributed by atoms with Crippen LogP contribution in [0.15, 0.2) is 48.5 Å². The van der Waals surface area contributed by atoms with Crippen LogP contribution in [0.5, 0.6) is 5.75 Å². The summed E-state index contributed by atoms with van der Waals surface area (Å²) in [6.07, 6.45) is 1.41. The average Bonchev–Trinajstić information content (AvgIpc) is 2.93. The number of rotatable bonds is 5. The van der Waals surface area contributed by atoms with Crippen LogP contribution >= 0.6 is 11.6 Å². The molecular formula is C20H22ClNO3. The van der Waals surface area contributed by atoms with Crippen LogP contribution in [0, 0.1) is 0 Å². The lowest BCUT2D eigenvalue weighted by Crippen LogP contribution is -2.50. The summed E-state index contributed by atoms with van der Waals surface area (Å²) in [6, 6.07) is 14.7. The molecule has 2 N–H and O–H groups in total. The van der Waals surface area contributed by atoms with Gasteiger partial charge in [0.2, 0.25) is 0 Å². The summed E-state index contributed by atoms with van der Waals surface area (Å²) in [5.41, 5.74) is -0.0621. The van der Waals surface area contributed by atoms with Crippen molar-refractivity contribution in [2.24, 2.45) is 0 Å². The Hall–Kier alpha value is -2.04. The molecule has 0 aliphatic heterocycles. The Morgan fingerprint density at radius 1 is 1.24 bits per heavy atom. The van der Waals surface area contributed by atoms with Crippen molar-refractivity contribution in [3.63, 3.8) is 0 Å². The number of carbonyl (C=O) groups is 1. The summed E-state index contributed by atoms with van der Waals surface area (Å²) in [6.45, 7) is 3.56. The second-order valence-corrected chi connectivity index (χ2v) is 7.37. The summed E-state index contributed by atoms with van der Waals surface area (Å²) in [5.74, 6) is 0.287. The van der Waals surface area contributed by atoms with Crippen LogP contribution in [0.1, 0.15) is 31.4 Å². The van der Waals surface area contributed by atoms with Gasteiger partial charge in [0, 0.05) is 5.02 Å². The minimum absolute atomic E-state index is 0.163. The molecule has 0 saturated heterocycles. The van der Waals surface area contributed by atoms with Crippen LogP contribution in [0.25, 0.3) is 0 Å². The van der Waals surface area contributed by atoms with Crippen LogP contribution < -0.4 is 10.1 Å². The van der Waals surface area contributed by atoms with Gasteiger partial charge in [0.25, 0.3) is 5.91 Å². The summed E-state index contributed by atoms with van der Waals surface area (Å²) in [7, 11) is 0. The molecule has 0 spiro atoms. The minimum atomic E-state index is -1.07. The van der Waals surface area contributed by atoms with Crippen molar-refractivity contribution in [3.8, 4) is 5.75 Å². The molecule has 0 fully saturated rings. The van der Waals surface area contributed by atoms with E-state index in [9.17, 15) is 9.90 Å². The molecule has 25 heavy (non-hydrogen) atoms. The van der Waals surface area contributed by atoms with Crippen LogP contribution in [0.3, 0.4) is 0 Å². The number of hydrogen-bond donors (Lipinski definition) is 2. The lowest BCUT2D eigenvalue weighted by Gasteiger charge is -2.29. The maximum absolute atomic E-state index is 12.6. The number of amides is 1. The van der Waals surface area contributed by atoms with Gasteiger partial charge in [-0.3, -0.25) is 4.79 Å². The van der Waals surface area contributed by atoms with Crippen LogP contribution in [0.2, 0.25) is 5.02 Å². The van der Waals surface area contributed by atoms with Crippen molar-refractivity contribution in [1.29, 1.82) is 0 Å². The number of carbonyl (C=O) groups excluding carboxylic acids is 1. The monoisotopic (exact) mass is 359 g/mol. The summed E-state index contributed by atoms with van der Waals surface area (Å²) >= 11 is 5.86. The lowest BCUT2D eigenvalue weighted by molar-refractivity contribution is -0.135. The van der Waals surface area contributed by atoms with E-state index in [1.54, 1.807) is 38.1 Å². The van der Waals surface area contributed by atoms with E-state index in [1.165, 1.54) is 0 Å². The Morgan fingerprint density at radius 3 is 2.64 bits per heavy atom. The zero-order valence-electron chi connectivity index (χ0n) is 14.4. The number of ether oxygens (including phenoxy) is 1. The van der Waals surface area contributed by atoms with Gasteiger partial charge in [-0.05, 0) is 62.1 Å². The third-order valence-corrected chi connectivity index (χ3v) is 4.85. The second-order valence-electron chi connectivity index (χ2n) is 6.94. The lowest BCUT2D eigenvalue weighted by atomic mass is 9.95. The predicted molar refractivity (Wildman–Crippen MR) is 97.8 cm³/mol. The molecule has 0 unspecified atom stereocenters. The number of aryl methyl sites for hydroxylation is 1. The Morgan fingerprint density at radius 2 is 1.92 bits per heavy atom. The molecule has 2 aromatic rings. The molecule has 1 aliphatic rings. The third-order valence-electron chi connectivity index (χ3n) is 4.60. The fourth-order valence-corrected chi connectivity index (χ4v) is 3.26. The van der Waals surface area contributed by atoms with Crippen molar-refractivity contribution in [3.05, 3.63) is 64.7 Å². The van der Waals surface area contributed by atoms with Gasteiger partial charge in [0.15, 0.2) is 5.60 Å². The van der Waals surface area contributed by atoms with E-state index < -0.39 is 11.2 Å². The highest BCUT2D eigenvalue weighted by Crippen LogP contribution is 2.36. The number of nitrogens with one attached hydrogen (secondary N) is 1. The molecule has 2 aromatic carbocycles. The van der Waals surface area contributed by atoms with Crippen LogP contribution in [0.4, 0.5) is 0 Å². The van der Waals surface area contributed by atoms with E-state index in [-0.39, 0.29) is 12.5 Å². The molecule has 5 heteroatoms. The maximum atomic E-state index is 12.6. The standard InChI is InChI=1S/C20H22ClNO3/c1-19(2,25-16-9-7-15(21)8-10-16)18(23)22-13-20(24)12-11-14-5-3-4-6-17(14)20/h3-10,24H,11-13H2,1-2H3,(H,22,23)/t20-/m1/s1. The first-order chi connectivity index (χ1) is 11.8. The molecule has 1 amide bonds. The van der Waals surface area contributed by atoms with E-state index in [0.29, 0.717) is 17.2 Å². The van der Waals surface area contributed by atoms with Gasteiger partial charge < -0.3 is 15.2 Å². The molecule has 0 bridgehead atoms. The highest BCUT2D eigenvalue weighted by atomic mass is 35.5. The molecule has 1 aliphatic carbocycles. The summed E-state index contributed by atoms with van der Waals surface area (Å²) in [5, 5.41) is 14.4. The number of fused-ring (bicyclic) bond motifs is 1. The highest BCUT2D eigenvalue weighted by Gasteiger charge is 2.38. The topological polar surface area (TPSA) is 58.6 Å². The molecule has 3 rings (SSSR count). The van der Waals surface area contributed by atoms with E-state index in [2.05, 4.69) is 5.32 Å². The van der Waals surface area contributed by atoms with Gasteiger partial charge in [-0.25, -0.2) is 0 Å². The third kappa shape index (κ3) is 3.80. The highest BCUT2D eigenvalue weighted by molar-refractivity contribution is 6.30. The van der Waals surface area contributed by atoms with Crippen molar-refractivity contribution < 1.29 is 14.6 Å². The second kappa shape index (κ2) is 6.70. The van der Waals surface area contributed by atoms with Crippen LogP contribution in [-0.2, 0) is 16.8 Å². The predicted octanol–water partition coefficient (Wildman–Crippen LogP) is 3.45. The van der Waals surface area contributed by atoms with Gasteiger partial charge in [-0.2, -0.15) is 0 Å². The maximum Gasteiger partial charge on any atom is 0.263 e. The largest absolute Gasteiger partial charge is 0.478 e. The van der Waals surface area contributed by atoms with E-state index >= 15 is 0 Å². The molecule has 1 atom stereocenters. The number of aliphatic hydroxyl groups is 1. The van der Waals surface area contributed by atoms with Crippen molar-refractivity contribution in [2.45, 2.75) is 37.9 Å². The fraction of sp³-hybridized carbons (Fsp3) is 0.350. The van der Waals surface area contributed by atoms with Crippen molar-refractivity contribution in [2.75, 3.05) is 6.54 Å². The molecule has 0 aromatic heterocycles. The smallest absolute Gasteiger partial charge is 0.263 e. The van der Waals surface area contributed by atoms with Crippen molar-refractivity contribution >= 4 is 17.5 Å². The Bertz CT molecular complexity index is 773. The van der Waals surface area contributed by atoms with Gasteiger partial charge in [0.1, 0.15) is 11.4 Å². The van der Waals surface area contributed by atoms with E-state index in [4.69, 9.17) is 16.3 Å². The molecule has 4 nitrogen and oxygen atoms in total. The zero-order chi connectivity index (χ0) is 18.1. The summed E-state index contributed by atoms with van der Waals surface area (Å²) < 4.78 is 5.78. The molecular weight excluding hydrogens is 338 g/mol. The molecule has 0 heterocycles. The normalized spacial score (nSPS) is 19.4. The quantitative estimate of drug-likeness (QED) is 0.859. The first-order valence-electron chi connectivity index (χ1n) is 8.34. The van der Waals surface area contributed by atoms with Crippen molar-refractivity contribution in [1.82, 2.24) is 5.32 Å². The number of benzene rings is 2. The van der Waals surface area contributed by atoms with E-state index in [0.717, 1.165) is 17.5 Å². The molecule has 132 valence electrons. The first kappa shape index (κ1) is 17.8. The summed E-state index contributed by atoms with van der Waals surface area (Å²) in [4.78, 5) is 12.6. The van der Waals surface area contributed by atoms with Crippen LogP contribution in [-0.4, -0.2) is 23.2 Å². The van der Waals surface area contributed by atoms with E-state index in [1.807, 2.05) is 24.3 Å². The van der Waals surface area contributed by atoms with Gasteiger partial charge in [-0.1, -0.05) is 35.9 Å². The first-order valence-corrected chi connectivity index (χ1v) is 8.72. The van der Waals surface area contributed by atoms with Gasteiger partial charge in [0.05, 0.1) is 6.54 Å². The Labute approximate surface area is 152 Å². The number of hydrogen-bond acceptors (Lipinski definition) is 3. The SMILES string of the molecule is CC(C)(Oc1ccc(Cl)cc1)C(=O)NC[C@]1(O)CCc2ccccc21. The number of halogens is 1. The van der Waals surface area contributed by atoms with Gasteiger partial charge in [-0.15, -0.1) is 0 Å². The fourth-order valence-electron chi connectivity index (χ4n) is 3.14. The average molecular weight is 360 g/mol. The van der Waals surface area contributed by atoms with Gasteiger partial charge >= 0.3 is 0 Å². The molecule has 0 saturated carbocycles. The Kier molecular flexibility index (Phi) is 4.76. The Balaban J connectivity index is 1.65.